The van der Waals surface area contributed by atoms with Crippen LogP contribution in [0.15, 0.2) is 12.4 Å². The standard InChI is InChI=1S/C10H14N2O2/c13-9(14)7-12-6-5-11-10(12)8-3-1-2-4-8/h5-6,8H,1-4,7H2,(H,13,14). The molecule has 1 N–H and O–H groups in total. The van der Waals surface area contributed by atoms with E-state index in [1.54, 1.807) is 17.0 Å². The van der Waals surface area contributed by atoms with Gasteiger partial charge < -0.3 is 9.67 Å². The van der Waals surface area contributed by atoms with Crippen molar-refractivity contribution in [1.29, 1.82) is 0 Å². The molecule has 0 atom stereocenters. The Morgan fingerprint density at radius 1 is 1.57 bits per heavy atom. The fourth-order valence-corrected chi connectivity index (χ4v) is 2.14. The Morgan fingerprint density at radius 3 is 2.93 bits per heavy atom. The number of aromatic nitrogens is 2. The largest absolute Gasteiger partial charge is 0.480 e. The second kappa shape index (κ2) is 3.82. The number of carboxylic acids is 1. The lowest BCUT2D eigenvalue weighted by Gasteiger charge is -2.10. The van der Waals surface area contributed by atoms with Gasteiger partial charge in [0, 0.05) is 18.3 Å². The summed E-state index contributed by atoms with van der Waals surface area (Å²) in [5, 5.41) is 8.70. The van der Waals surface area contributed by atoms with Crippen LogP contribution in [0.5, 0.6) is 0 Å². The first-order chi connectivity index (χ1) is 6.77. The zero-order chi connectivity index (χ0) is 9.97. The van der Waals surface area contributed by atoms with Crippen molar-refractivity contribution >= 4 is 5.97 Å². The molecule has 0 saturated heterocycles. The minimum atomic E-state index is -0.803. The predicted octanol–water partition coefficient (Wildman–Crippen LogP) is 1.63. The predicted molar refractivity (Wildman–Crippen MR) is 51.1 cm³/mol. The molecule has 1 heterocycles. The molecule has 0 spiro atoms. The van der Waals surface area contributed by atoms with Crippen molar-refractivity contribution < 1.29 is 9.90 Å². The van der Waals surface area contributed by atoms with E-state index < -0.39 is 5.97 Å². The molecule has 1 saturated carbocycles. The zero-order valence-corrected chi connectivity index (χ0v) is 8.02. The van der Waals surface area contributed by atoms with Crippen molar-refractivity contribution in [3.05, 3.63) is 18.2 Å². The fraction of sp³-hybridized carbons (Fsp3) is 0.600. The summed E-state index contributed by atoms with van der Waals surface area (Å²) in [6, 6.07) is 0. The molecular weight excluding hydrogens is 180 g/mol. The SMILES string of the molecule is O=C(O)Cn1ccnc1C1CCCC1. The molecule has 0 amide bonds. The summed E-state index contributed by atoms with van der Waals surface area (Å²) < 4.78 is 1.75. The Bertz CT molecular complexity index is 327. The third-order valence-electron chi connectivity index (χ3n) is 2.77. The van der Waals surface area contributed by atoms with Gasteiger partial charge in [-0.1, -0.05) is 12.8 Å². The first-order valence-corrected chi connectivity index (χ1v) is 5.00. The lowest BCUT2D eigenvalue weighted by atomic mass is 10.1. The van der Waals surface area contributed by atoms with Gasteiger partial charge in [-0.05, 0) is 12.8 Å². The maximum absolute atomic E-state index is 10.6. The average molecular weight is 194 g/mol. The minimum Gasteiger partial charge on any atom is -0.480 e. The van der Waals surface area contributed by atoms with E-state index in [9.17, 15) is 4.79 Å². The summed E-state index contributed by atoms with van der Waals surface area (Å²) in [6.45, 7) is 0.0336. The van der Waals surface area contributed by atoms with Crippen molar-refractivity contribution in [2.45, 2.75) is 38.1 Å². The van der Waals surface area contributed by atoms with Crippen molar-refractivity contribution in [2.24, 2.45) is 0 Å². The first kappa shape index (κ1) is 9.24. The Kier molecular flexibility index (Phi) is 2.52. The highest BCUT2D eigenvalue weighted by Gasteiger charge is 2.21. The van der Waals surface area contributed by atoms with Crippen molar-refractivity contribution in [1.82, 2.24) is 9.55 Å². The van der Waals surface area contributed by atoms with Gasteiger partial charge in [0.05, 0.1) is 0 Å². The quantitative estimate of drug-likeness (QED) is 0.795. The molecule has 1 aliphatic carbocycles. The molecule has 4 heteroatoms. The lowest BCUT2D eigenvalue weighted by molar-refractivity contribution is -0.137. The van der Waals surface area contributed by atoms with E-state index in [1.807, 2.05) is 0 Å². The number of hydrogen-bond acceptors (Lipinski definition) is 2. The molecular formula is C10H14N2O2. The molecule has 1 aromatic rings. The smallest absolute Gasteiger partial charge is 0.323 e. The molecule has 1 fully saturated rings. The highest BCUT2D eigenvalue weighted by atomic mass is 16.4. The van der Waals surface area contributed by atoms with Crippen molar-refractivity contribution in [2.75, 3.05) is 0 Å². The van der Waals surface area contributed by atoms with E-state index in [0.717, 1.165) is 18.7 Å². The second-order valence-electron chi connectivity index (χ2n) is 3.79. The monoisotopic (exact) mass is 194 g/mol. The molecule has 76 valence electrons. The van der Waals surface area contributed by atoms with Crippen molar-refractivity contribution in [3.8, 4) is 0 Å². The fourth-order valence-electron chi connectivity index (χ4n) is 2.14. The summed E-state index contributed by atoms with van der Waals surface area (Å²) in [7, 11) is 0. The number of nitrogens with zero attached hydrogens (tertiary/aromatic N) is 2. The summed E-state index contributed by atoms with van der Waals surface area (Å²) in [5.74, 6) is 0.622. The Morgan fingerprint density at radius 2 is 2.29 bits per heavy atom. The number of rotatable bonds is 3. The molecule has 0 aromatic carbocycles. The highest BCUT2D eigenvalue weighted by Crippen LogP contribution is 2.32. The number of aliphatic carboxylic acids is 1. The molecule has 4 nitrogen and oxygen atoms in total. The van der Waals surface area contributed by atoms with E-state index in [2.05, 4.69) is 4.98 Å². The number of carbonyl (C=O) groups is 1. The highest BCUT2D eigenvalue weighted by molar-refractivity contribution is 5.66. The van der Waals surface area contributed by atoms with Crippen LogP contribution in [0.25, 0.3) is 0 Å². The van der Waals surface area contributed by atoms with Crippen LogP contribution in [-0.2, 0) is 11.3 Å². The van der Waals surface area contributed by atoms with Crippen LogP contribution >= 0.6 is 0 Å². The van der Waals surface area contributed by atoms with Crippen LogP contribution in [-0.4, -0.2) is 20.6 Å². The van der Waals surface area contributed by atoms with Crippen LogP contribution < -0.4 is 0 Å². The maximum atomic E-state index is 10.6. The average Bonchev–Trinajstić information content (AvgIpc) is 2.70. The van der Waals surface area contributed by atoms with E-state index in [1.165, 1.54) is 12.8 Å². The summed E-state index contributed by atoms with van der Waals surface area (Å²) in [5.41, 5.74) is 0. The summed E-state index contributed by atoms with van der Waals surface area (Å²) >= 11 is 0. The molecule has 2 rings (SSSR count). The van der Waals surface area contributed by atoms with Gasteiger partial charge in [0.15, 0.2) is 0 Å². The molecule has 0 radical (unpaired) electrons. The Hall–Kier alpha value is -1.32. The third-order valence-corrected chi connectivity index (χ3v) is 2.77. The van der Waals surface area contributed by atoms with E-state index in [-0.39, 0.29) is 6.54 Å². The van der Waals surface area contributed by atoms with Crippen LogP contribution in [0.4, 0.5) is 0 Å². The molecule has 1 aliphatic rings. The Labute approximate surface area is 82.6 Å². The zero-order valence-electron chi connectivity index (χ0n) is 8.02. The van der Waals surface area contributed by atoms with Crippen LogP contribution in [0.3, 0.4) is 0 Å². The van der Waals surface area contributed by atoms with Gasteiger partial charge in [-0.25, -0.2) is 4.98 Å². The topological polar surface area (TPSA) is 55.1 Å². The second-order valence-corrected chi connectivity index (χ2v) is 3.79. The molecule has 0 unspecified atom stereocenters. The van der Waals surface area contributed by atoms with Crippen LogP contribution in [0.2, 0.25) is 0 Å². The first-order valence-electron chi connectivity index (χ1n) is 5.00. The van der Waals surface area contributed by atoms with Gasteiger partial charge >= 0.3 is 5.97 Å². The van der Waals surface area contributed by atoms with Crippen LogP contribution in [0, 0.1) is 0 Å². The van der Waals surface area contributed by atoms with Gasteiger partial charge in [0.1, 0.15) is 12.4 Å². The number of carboxylic acid groups (broad SMARTS) is 1. The number of imidazole rings is 1. The maximum Gasteiger partial charge on any atom is 0.323 e. The number of hydrogen-bond donors (Lipinski definition) is 1. The van der Waals surface area contributed by atoms with E-state index in [0.29, 0.717) is 5.92 Å². The molecule has 1 aromatic heterocycles. The third kappa shape index (κ3) is 1.78. The molecule has 14 heavy (non-hydrogen) atoms. The van der Waals surface area contributed by atoms with E-state index in [4.69, 9.17) is 5.11 Å². The minimum absolute atomic E-state index is 0.0336. The Balaban J connectivity index is 2.15. The summed E-state index contributed by atoms with van der Waals surface area (Å²) in [4.78, 5) is 14.8. The normalized spacial score (nSPS) is 17.4. The van der Waals surface area contributed by atoms with Gasteiger partial charge in [0.2, 0.25) is 0 Å². The molecule has 0 aliphatic heterocycles. The molecule has 0 bridgehead atoms. The van der Waals surface area contributed by atoms with Gasteiger partial charge in [-0.2, -0.15) is 0 Å². The van der Waals surface area contributed by atoms with Crippen molar-refractivity contribution in [3.63, 3.8) is 0 Å². The van der Waals surface area contributed by atoms with Gasteiger partial charge in [0.25, 0.3) is 0 Å². The van der Waals surface area contributed by atoms with Crippen LogP contribution in [0.1, 0.15) is 37.4 Å². The van der Waals surface area contributed by atoms with Gasteiger partial charge in [-0.3, -0.25) is 4.79 Å². The van der Waals surface area contributed by atoms with E-state index >= 15 is 0 Å². The van der Waals surface area contributed by atoms with Gasteiger partial charge in [-0.15, -0.1) is 0 Å². The summed E-state index contributed by atoms with van der Waals surface area (Å²) in [6.07, 6.45) is 8.22. The lowest BCUT2D eigenvalue weighted by Crippen LogP contribution is -2.12.